The van der Waals surface area contributed by atoms with Crippen LogP contribution >= 0.6 is 0 Å². The SMILES string of the molecule is NCc1cc([N+](=O)[O-])cc([N+](=O)[O-])c1F. The van der Waals surface area contributed by atoms with Gasteiger partial charge in [0.1, 0.15) is 0 Å². The zero-order valence-electron chi connectivity index (χ0n) is 7.34. The summed E-state index contributed by atoms with van der Waals surface area (Å²) in [5, 5.41) is 20.7. The lowest BCUT2D eigenvalue weighted by molar-refractivity contribution is -0.395. The molecule has 0 aliphatic heterocycles. The van der Waals surface area contributed by atoms with Crippen molar-refractivity contribution in [2.24, 2.45) is 5.73 Å². The topological polar surface area (TPSA) is 112 Å². The molecule has 0 unspecified atom stereocenters. The van der Waals surface area contributed by atoms with Crippen LogP contribution in [0.25, 0.3) is 0 Å². The minimum Gasteiger partial charge on any atom is -0.326 e. The van der Waals surface area contributed by atoms with E-state index in [1.165, 1.54) is 0 Å². The van der Waals surface area contributed by atoms with Crippen molar-refractivity contribution in [3.05, 3.63) is 43.7 Å². The zero-order valence-corrected chi connectivity index (χ0v) is 7.34. The van der Waals surface area contributed by atoms with Crippen LogP contribution in [-0.2, 0) is 6.54 Å². The average molecular weight is 215 g/mol. The third-order valence-corrected chi connectivity index (χ3v) is 1.74. The molecule has 0 spiro atoms. The summed E-state index contributed by atoms with van der Waals surface area (Å²) < 4.78 is 13.2. The molecular weight excluding hydrogens is 209 g/mol. The fourth-order valence-corrected chi connectivity index (χ4v) is 1.04. The smallest absolute Gasteiger partial charge is 0.311 e. The highest BCUT2D eigenvalue weighted by molar-refractivity contribution is 5.48. The van der Waals surface area contributed by atoms with Crippen molar-refractivity contribution in [1.82, 2.24) is 0 Å². The van der Waals surface area contributed by atoms with E-state index in [2.05, 4.69) is 0 Å². The van der Waals surface area contributed by atoms with Gasteiger partial charge in [-0.3, -0.25) is 20.2 Å². The number of nitro benzene ring substituents is 2. The van der Waals surface area contributed by atoms with Gasteiger partial charge in [0.2, 0.25) is 5.82 Å². The van der Waals surface area contributed by atoms with E-state index in [1.54, 1.807) is 0 Å². The van der Waals surface area contributed by atoms with Crippen LogP contribution in [0.3, 0.4) is 0 Å². The summed E-state index contributed by atoms with van der Waals surface area (Å²) in [6, 6.07) is 1.44. The van der Waals surface area contributed by atoms with Crippen molar-refractivity contribution in [2.45, 2.75) is 6.54 Å². The maximum atomic E-state index is 13.2. The van der Waals surface area contributed by atoms with E-state index in [0.717, 1.165) is 6.07 Å². The number of non-ortho nitro benzene ring substituents is 1. The number of nitrogens with zero attached hydrogens (tertiary/aromatic N) is 2. The molecule has 0 saturated carbocycles. The van der Waals surface area contributed by atoms with E-state index in [0.29, 0.717) is 6.07 Å². The van der Waals surface area contributed by atoms with Gasteiger partial charge in [0, 0.05) is 18.2 Å². The molecule has 7 nitrogen and oxygen atoms in total. The highest BCUT2D eigenvalue weighted by Crippen LogP contribution is 2.26. The molecule has 0 radical (unpaired) electrons. The fraction of sp³-hybridized carbons (Fsp3) is 0.143. The van der Waals surface area contributed by atoms with Gasteiger partial charge in [-0.15, -0.1) is 0 Å². The molecule has 0 heterocycles. The van der Waals surface area contributed by atoms with E-state index in [4.69, 9.17) is 5.73 Å². The largest absolute Gasteiger partial charge is 0.326 e. The van der Waals surface area contributed by atoms with Crippen molar-refractivity contribution in [1.29, 1.82) is 0 Å². The third-order valence-electron chi connectivity index (χ3n) is 1.74. The molecule has 0 fully saturated rings. The maximum absolute atomic E-state index is 13.2. The molecule has 0 aliphatic rings. The minimum atomic E-state index is -1.13. The molecule has 15 heavy (non-hydrogen) atoms. The molecule has 0 bridgehead atoms. The number of hydrogen-bond acceptors (Lipinski definition) is 5. The average Bonchev–Trinajstić information content (AvgIpc) is 2.17. The maximum Gasteiger partial charge on any atom is 0.311 e. The molecular formula is C7H6FN3O4. The molecule has 1 aromatic rings. The van der Waals surface area contributed by atoms with E-state index < -0.39 is 27.0 Å². The molecule has 1 aromatic carbocycles. The Balaban J connectivity index is 3.45. The molecule has 80 valence electrons. The first-order valence-electron chi connectivity index (χ1n) is 3.78. The minimum absolute atomic E-state index is 0.254. The number of hydrogen-bond donors (Lipinski definition) is 1. The summed E-state index contributed by atoms with van der Waals surface area (Å²) in [6.07, 6.45) is 0. The highest BCUT2D eigenvalue weighted by Gasteiger charge is 2.23. The predicted octanol–water partition coefficient (Wildman–Crippen LogP) is 1.10. The Morgan fingerprint density at radius 2 is 1.87 bits per heavy atom. The molecule has 0 aromatic heterocycles. The quantitative estimate of drug-likeness (QED) is 0.599. The van der Waals surface area contributed by atoms with E-state index in [9.17, 15) is 24.6 Å². The summed E-state index contributed by atoms with van der Waals surface area (Å²) in [7, 11) is 0. The van der Waals surface area contributed by atoms with Gasteiger partial charge in [-0.05, 0) is 0 Å². The first-order valence-corrected chi connectivity index (χ1v) is 3.78. The van der Waals surface area contributed by atoms with Crippen molar-refractivity contribution in [2.75, 3.05) is 0 Å². The van der Waals surface area contributed by atoms with Gasteiger partial charge in [0.25, 0.3) is 5.69 Å². The second-order valence-electron chi connectivity index (χ2n) is 2.66. The third kappa shape index (κ3) is 2.05. The number of rotatable bonds is 3. The second-order valence-corrected chi connectivity index (χ2v) is 2.66. The predicted molar refractivity (Wildman–Crippen MR) is 47.6 cm³/mol. The van der Waals surface area contributed by atoms with Crippen LogP contribution in [0.2, 0.25) is 0 Å². The van der Waals surface area contributed by atoms with Crippen LogP contribution < -0.4 is 5.73 Å². The summed E-state index contributed by atoms with van der Waals surface area (Å²) in [5.41, 5.74) is 3.36. The summed E-state index contributed by atoms with van der Waals surface area (Å²) in [6.45, 7) is -0.339. The monoisotopic (exact) mass is 215 g/mol. The van der Waals surface area contributed by atoms with Crippen molar-refractivity contribution in [3.63, 3.8) is 0 Å². The van der Waals surface area contributed by atoms with Gasteiger partial charge in [-0.25, -0.2) is 0 Å². The Bertz CT molecular complexity index is 434. The van der Waals surface area contributed by atoms with Gasteiger partial charge in [0.05, 0.1) is 15.9 Å². The second kappa shape index (κ2) is 3.96. The Kier molecular flexibility index (Phi) is 2.90. The number of nitro groups is 2. The van der Waals surface area contributed by atoms with Crippen LogP contribution in [0.5, 0.6) is 0 Å². The molecule has 0 atom stereocenters. The Labute approximate surface area is 82.6 Å². The van der Waals surface area contributed by atoms with Gasteiger partial charge in [0.15, 0.2) is 0 Å². The molecule has 0 aliphatic carbocycles. The lowest BCUT2D eigenvalue weighted by Gasteiger charge is -2.00. The van der Waals surface area contributed by atoms with E-state index in [1.807, 2.05) is 0 Å². The Morgan fingerprint density at radius 3 is 2.27 bits per heavy atom. The van der Waals surface area contributed by atoms with Gasteiger partial charge in [-0.2, -0.15) is 4.39 Å². The van der Waals surface area contributed by atoms with Crippen LogP contribution in [-0.4, -0.2) is 9.85 Å². The first kappa shape index (κ1) is 11.0. The van der Waals surface area contributed by atoms with Gasteiger partial charge in [-0.1, -0.05) is 0 Å². The van der Waals surface area contributed by atoms with Gasteiger partial charge >= 0.3 is 5.69 Å². The highest BCUT2D eigenvalue weighted by atomic mass is 19.1. The standard InChI is InChI=1S/C7H6FN3O4/c8-7-4(3-9)1-5(10(12)13)2-6(7)11(14)15/h1-2H,3,9H2. The molecule has 2 N–H and O–H groups in total. The lowest BCUT2D eigenvalue weighted by atomic mass is 10.1. The molecule has 0 amide bonds. The zero-order chi connectivity index (χ0) is 11.6. The normalized spacial score (nSPS) is 10.0. The first-order chi connectivity index (χ1) is 6.97. The summed E-state index contributed by atoms with van der Waals surface area (Å²) in [5.74, 6) is -1.13. The molecule has 8 heteroatoms. The Morgan fingerprint density at radius 1 is 1.27 bits per heavy atom. The van der Waals surface area contributed by atoms with Crippen molar-refractivity contribution < 1.29 is 14.2 Å². The summed E-state index contributed by atoms with van der Waals surface area (Å²) >= 11 is 0. The number of nitrogens with two attached hydrogens (primary N) is 1. The Hall–Kier alpha value is -2.09. The number of benzene rings is 1. The molecule has 1 rings (SSSR count). The van der Waals surface area contributed by atoms with Crippen LogP contribution in [0.4, 0.5) is 15.8 Å². The van der Waals surface area contributed by atoms with E-state index in [-0.39, 0.29) is 12.1 Å². The van der Waals surface area contributed by atoms with E-state index >= 15 is 0 Å². The lowest BCUT2D eigenvalue weighted by Crippen LogP contribution is -2.04. The van der Waals surface area contributed by atoms with Gasteiger partial charge < -0.3 is 5.73 Å². The van der Waals surface area contributed by atoms with Crippen molar-refractivity contribution in [3.8, 4) is 0 Å². The van der Waals surface area contributed by atoms with Crippen LogP contribution in [0, 0.1) is 26.0 Å². The molecule has 0 saturated heterocycles. The number of halogens is 1. The van der Waals surface area contributed by atoms with Crippen molar-refractivity contribution >= 4 is 11.4 Å². The van der Waals surface area contributed by atoms with Crippen LogP contribution in [0.15, 0.2) is 12.1 Å². The van der Waals surface area contributed by atoms with Crippen LogP contribution in [0.1, 0.15) is 5.56 Å². The summed E-state index contributed by atoms with van der Waals surface area (Å²) in [4.78, 5) is 18.9. The fourth-order valence-electron chi connectivity index (χ4n) is 1.04.